The van der Waals surface area contributed by atoms with Gasteiger partial charge >= 0.3 is 0 Å². The van der Waals surface area contributed by atoms with Crippen LogP contribution in [0.3, 0.4) is 0 Å². The summed E-state index contributed by atoms with van der Waals surface area (Å²) in [4.78, 5) is 25.1. The Hall–Kier alpha value is -1.28. The van der Waals surface area contributed by atoms with Crippen LogP contribution in [-0.4, -0.2) is 68.5 Å². The number of phosphoric acid groups is 1. The summed E-state index contributed by atoms with van der Waals surface area (Å²) in [7, 11) is 1.23. The summed E-state index contributed by atoms with van der Waals surface area (Å²) in [5.41, 5.74) is 0. The van der Waals surface area contributed by atoms with Crippen molar-refractivity contribution in [2.75, 3.05) is 40.9 Å². The summed E-state index contributed by atoms with van der Waals surface area (Å²) >= 11 is 0. The molecular weight excluding hydrogens is 623 g/mol. The fourth-order valence-electron chi connectivity index (χ4n) is 5.16. The van der Waals surface area contributed by atoms with Crippen molar-refractivity contribution >= 4 is 13.7 Å². The maximum absolute atomic E-state index is 12.8. The third kappa shape index (κ3) is 33.2. The molecule has 0 aromatic carbocycles. The molecule has 0 aromatic heterocycles. The highest BCUT2D eigenvalue weighted by atomic mass is 31.2. The van der Waals surface area contributed by atoms with E-state index < -0.39 is 26.6 Å². The van der Waals surface area contributed by atoms with E-state index in [0.29, 0.717) is 17.4 Å². The summed E-state index contributed by atoms with van der Waals surface area (Å²) in [6, 6.07) is -0.903. The molecule has 0 aromatic rings. The molecular formula is C39H75N2O6P. The van der Waals surface area contributed by atoms with Crippen LogP contribution in [0.25, 0.3) is 0 Å². The minimum Gasteiger partial charge on any atom is -0.756 e. The highest BCUT2D eigenvalue weighted by Crippen LogP contribution is 2.38. The van der Waals surface area contributed by atoms with Gasteiger partial charge in [-0.05, 0) is 57.8 Å². The molecule has 0 saturated carbocycles. The minimum atomic E-state index is -4.59. The van der Waals surface area contributed by atoms with E-state index in [1.807, 2.05) is 27.2 Å². The summed E-state index contributed by atoms with van der Waals surface area (Å²) in [5.74, 6) is -0.220. The van der Waals surface area contributed by atoms with E-state index in [2.05, 4.69) is 43.5 Å². The van der Waals surface area contributed by atoms with E-state index in [4.69, 9.17) is 9.05 Å². The number of nitrogens with one attached hydrogen (secondary N) is 1. The van der Waals surface area contributed by atoms with Crippen LogP contribution in [-0.2, 0) is 18.4 Å². The lowest BCUT2D eigenvalue weighted by molar-refractivity contribution is -0.870. The first-order chi connectivity index (χ1) is 23.0. The third-order valence-electron chi connectivity index (χ3n) is 8.32. The van der Waals surface area contributed by atoms with Gasteiger partial charge in [0.25, 0.3) is 7.82 Å². The lowest BCUT2D eigenvalue weighted by Crippen LogP contribution is -2.45. The van der Waals surface area contributed by atoms with Crippen LogP contribution in [0.4, 0.5) is 0 Å². The zero-order valence-corrected chi connectivity index (χ0v) is 32.6. The van der Waals surface area contributed by atoms with Gasteiger partial charge in [-0.15, -0.1) is 0 Å². The monoisotopic (exact) mass is 699 g/mol. The summed E-state index contributed by atoms with van der Waals surface area (Å²) in [6.07, 6.45) is 36.2. The van der Waals surface area contributed by atoms with E-state index in [9.17, 15) is 19.4 Å². The largest absolute Gasteiger partial charge is 0.756 e. The Labute approximate surface area is 296 Å². The first-order valence-electron chi connectivity index (χ1n) is 19.4. The van der Waals surface area contributed by atoms with Gasteiger partial charge < -0.3 is 28.8 Å². The molecule has 0 radical (unpaired) electrons. The fraction of sp³-hybridized carbons (Fsp3) is 0.821. The standard InChI is InChI=1S/C39H75N2O6P/c1-6-8-10-12-14-16-18-19-20-21-22-23-25-27-29-31-33-39(43)40-37(36-47-48(44,45)46-35-34-41(3,4)5)38(42)32-30-28-26-24-17-15-13-11-9-7-2/h17,20-21,24,30,32,37-38,42H,6-16,18-19,22-23,25-29,31,33-36H2,1-5H3,(H-,40,43,44,45)/b21-20-,24-17+,32-30+. The molecule has 282 valence electrons. The van der Waals surface area contributed by atoms with Crippen LogP contribution in [0.15, 0.2) is 36.5 Å². The predicted octanol–water partition coefficient (Wildman–Crippen LogP) is 9.33. The number of likely N-dealkylation sites (N-methyl/N-ethyl adjacent to an activating group) is 1. The van der Waals surface area contributed by atoms with Gasteiger partial charge in [0.1, 0.15) is 13.2 Å². The molecule has 0 fully saturated rings. The number of nitrogens with zero attached hydrogens (tertiary/aromatic N) is 1. The van der Waals surface area contributed by atoms with Crippen LogP contribution < -0.4 is 10.2 Å². The molecule has 1 amide bonds. The number of allylic oxidation sites excluding steroid dienone is 5. The second kappa shape index (κ2) is 31.7. The maximum Gasteiger partial charge on any atom is 0.268 e. The Bertz CT molecular complexity index is 886. The van der Waals surface area contributed by atoms with Crippen molar-refractivity contribution in [3.8, 4) is 0 Å². The summed E-state index contributed by atoms with van der Waals surface area (Å²) in [6.45, 7) is 4.55. The van der Waals surface area contributed by atoms with Crippen LogP contribution in [0, 0.1) is 0 Å². The first-order valence-corrected chi connectivity index (χ1v) is 20.8. The van der Waals surface area contributed by atoms with E-state index in [-0.39, 0.29) is 12.5 Å². The molecule has 0 aliphatic rings. The van der Waals surface area contributed by atoms with Gasteiger partial charge in [0.05, 0.1) is 39.9 Å². The number of carbonyl (C=O) groups is 1. The van der Waals surface area contributed by atoms with E-state index >= 15 is 0 Å². The molecule has 3 unspecified atom stereocenters. The molecule has 0 spiro atoms. The number of phosphoric ester groups is 1. The topological polar surface area (TPSA) is 108 Å². The summed E-state index contributed by atoms with van der Waals surface area (Å²) in [5, 5.41) is 13.6. The lowest BCUT2D eigenvalue weighted by Gasteiger charge is -2.29. The molecule has 0 rings (SSSR count). The quantitative estimate of drug-likeness (QED) is 0.0300. The van der Waals surface area contributed by atoms with Gasteiger partial charge in [-0.2, -0.15) is 0 Å². The van der Waals surface area contributed by atoms with Gasteiger partial charge in [-0.1, -0.05) is 127 Å². The van der Waals surface area contributed by atoms with Crippen LogP contribution in [0.2, 0.25) is 0 Å². The Morgan fingerprint density at radius 3 is 1.71 bits per heavy atom. The molecule has 48 heavy (non-hydrogen) atoms. The fourth-order valence-corrected chi connectivity index (χ4v) is 5.88. The molecule has 0 aliphatic carbocycles. The Kier molecular flexibility index (Phi) is 30.8. The molecule has 9 heteroatoms. The van der Waals surface area contributed by atoms with Gasteiger partial charge in [0.15, 0.2) is 0 Å². The van der Waals surface area contributed by atoms with Crippen LogP contribution in [0.5, 0.6) is 0 Å². The number of quaternary nitrogens is 1. The average molecular weight is 699 g/mol. The molecule has 0 bridgehead atoms. The Balaban J connectivity index is 4.52. The van der Waals surface area contributed by atoms with Crippen molar-refractivity contribution in [3.63, 3.8) is 0 Å². The van der Waals surface area contributed by atoms with E-state index in [0.717, 1.165) is 51.4 Å². The van der Waals surface area contributed by atoms with Gasteiger partial charge in [0, 0.05) is 6.42 Å². The number of carbonyl (C=O) groups excluding carboxylic acids is 1. The molecule has 8 nitrogen and oxygen atoms in total. The zero-order valence-electron chi connectivity index (χ0n) is 31.7. The molecule has 0 aliphatic heterocycles. The van der Waals surface area contributed by atoms with E-state index in [1.54, 1.807) is 6.08 Å². The maximum atomic E-state index is 12.8. The van der Waals surface area contributed by atoms with Crippen molar-refractivity contribution in [2.24, 2.45) is 0 Å². The van der Waals surface area contributed by atoms with Crippen molar-refractivity contribution in [1.29, 1.82) is 0 Å². The van der Waals surface area contributed by atoms with Crippen molar-refractivity contribution in [3.05, 3.63) is 36.5 Å². The zero-order chi connectivity index (χ0) is 35.8. The SMILES string of the molecule is CCCCCC/C=C/CC/C=C/C(O)C(COP(=O)([O-])OCC[N+](C)(C)C)NC(=O)CCCCCCC/C=C\CCCCCCCCC. The third-order valence-corrected chi connectivity index (χ3v) is 9.29. The van der Waals surface area contributed by atoms with E-state index in [1.165, 1.54) is 83.5 Å². The predicted molar refractivity (Wildman–Crippen MR) is 201 cm³/mol. The number of aliphatic hydroxyl groups is 1. The highest BCUT2D eigenvalue weighted by Gasteiger charge is 2.23. The van der Waals surface area contributed by atoms with Gasteiger partial charge in [-0.25, -0.2) is 0 Å². The average Bonchev–Trinajstić information content (AvgIpc) is 3.02. The normalized spacial score (nSPS) is 15.1. The number of hydrogen-bond donors (Lipinski definition) is 2. The van der Waals surface area contributed by atoms with Crippen molar-refractivity contribution < 1.29 is 32.9 Å². The van der Waals surface area contributed by atoms with Crippen molar-refractivity contribution in [1.82, 2.24) is 5.32 Å². The number of aliphatic hydroxyl groups excluding tert-OH is 1. The summed E-state index contributed by atoms with van der Waals surface area (Å²) < 4.78 is 23.0. The molecule has 2 N–H and O–H groups in total. The lowest BCUT2D eigenvalue weighted by atomic mass is 10.1. The number of amides is 1. The smallest absolute Gasteiger partial charge is 0.268 e. The minimum absolute atomic E-state index is 0.00851. The number of rotatable bonds is 34. The second-order valence-electron chi connectivity index (χ2n) is 14.3. The molecule has 0 heterocycles. The highest BCUT2D eigenvalue weighted by molar-refractivity contribution is 7.45. The number of unbranched alkanes of at least 4 members (excludes halogenated alkanes) is 17. The van der Waals surface area contributed by atoms with Crippen LogP contribution in [0.1, 0.15) is 155 Å². The Morgan fingerprint density at radius 2 is 1.17 bits per heavy atom. The van der Waals surface area contributed by atoms with Gasteiger partial charge in [0.2, 0.25) is 5.91 Å². The molecule has 3 atom stereocenters. The first kappa shape index (κ1) is 46.7. The number of hydrogen-bond acceptors (Lipinski definition) is 6. The Morgan fingerprint density at radius 1 is 0.708 bits per heavy atom. The molecule has 0 saturated heterocycles. The van der Waals surface area contributed by atoms with Crippen LogP contribution >= 0.6 is 7.82 Å². The van der Waals surface area contributed by atoms with Crippen molar-refractivity contribution in [2.45, 2.75) is 167 Å². The second-order valence-corrected chi connectivity index (χ2v) is 15.7. The van der Waals surface area contributed by atoms with Gasteiger partial charge in [-0.3, -0.25) is 9.36 Å².